The maximum atomic E-state index is 5.10. The van der Waals surface area contributed by atoms with E-state index < -0.39 is 0 Å². The van der Waals surface area contributed by atoms with Crippen LogP contribution in [0.5, 0.6) is 0 Å². The first-order chi connectivity index (χ1) is 19.1. The second-order valence-corrected chi connectivity index (χ2v) is 10.6. The Hall–Kier alpha value is -4.89. The lowest BCUT2D eigenvalue weighted by Gasteiger charge is -2.21. The smallest absolute Gasteiger partial charge is 0.160 e. The van der Waals surface area contributed by atoms with E-state index in [-0.39, 0.29) is 5.41 Å². The standard InChI is InChI=1S/C36H27N3/c1-36(2)31-13-7-6-12-29(31)30-21-27(18-19-32(30)36)34-22-33(25-9-4-3-5-10-25)38-35(39-34)26-16-14-24(15-17-26)28-11-8-20-37-23-28/h3-23H,1-2H3. The molecule has 0 amide bonds. The Bertz CT molecular complexity index is 1810. The number of hydrogen-bond donors (Lipinski definition) is 0. The highest BCUT2D eigenvalue weighted by Crippen LogP contribution is 2.49. The molecule has 0 saturated heterocycles. The van der Waals surface area contributed by atoms with Crippen molar-refractivity contribution >= 4 is 0 Å². The molecular formula is C36H27N3. The van der Waals surface area contributed by atoms with E-state index in [2.05, 4.69) is 110 Å². The van der Waals surface area contributed by atoms with Crippen molar-refractivity contribution in [1.29, 1.82) is 0 Å². The van der Waals surface area contributed by atoms with Gasteiger partial charge in [0.05, 0.1) is 11.4 Å². The zero-order valence-corrected chi connectivity index (χ0v) is 22.0. The third kappa shape index (κ3) is 4.04. The van der Waals surface area contributed by atoms with Gasteiger partial charge in [-0.15, -0.1) is 0 Å². The van der Waals surface area contributed by atoms with Crippen molar-refractivity contribution in [3.8, 4) is 56.2 Å². The van der Waals surface area contributed by atoms with Crippen molar-refractivity contribution in [3.05, 3.63) is 139 Å². The highest BCUT2D eigenvalue weighted by molar-refractivity contribution is 5.84. The van der Waals surface area contributed by atoms with Gasteiger partial charge in [-0.05, 0) is 51.6 Å². The van der Waals surface area contributed by atoms with Crippen LogP contribution < -0.4 is 0 Å². The quantitative estimate of drug-likeness (QED) is 0.242. The number of nitrogens with zero attached hydrogens (tertiary/aromatic N) is 3. The van der Waals surface area contributed by atoms with Crippen LogP contribution in [0.3, 0.4) is 0 Å². The Morgan fingerprint density at radius 3 is 1.90 bits per heavy atom. The Morgan fingerprint density at radius 1 is 0.487 bits per heavy atom. The molecule has 3 heteroatoms. The summed E-state index contributed by atoms with van der Waals surface area (Å²) in [6.07, 6.45) is 3.67. The molecule has 186 valence electrons. The molecular weight excluding hydrogens is 474 g/mol. The molecule has 2 aromatic heterocycles. The molecule has 0 saturated carbocycles. The molecule has 0 fully saturated rings. The normalized spacial score (nSPS) is 13.1. The van der Waals surface area contributed by atoms with E-state index in [0.29, 0.717) is 5.82 Å². The fourth-order valence-electron chi connectivity index (χ4n) is 5.71. The van der Waals surface area contributed by atoms with Gasteiger partial charge in [-0.2, -0.15) is 0 Å². The summed E-state index contributed by atoms with van der Waals surface area (Å²) in [7, 11) is 0. The summed E-state index contributed by atoms with van der Waals surface area (Å²) >= 11 is 0. The first-order valence-corrected chi connectivity index (χ1v) is 13.3. The summed E-state index contributed by atoms with van der Waals surface area (Å²) in [5, 5.41) is 0. The number of pyridine rings is 1. The van der Waals surface area contributed by atoms with Crippen molar-refractivity contribution < 1.29 is 0 Å². The van der Waals surface area contributed by atoms with E-state index in [1.165, 1.54) is 22.3 Å². The summed E-state index contributed by atoms with van der Waals surface area (Å²) in [4.78, 5) is 14.4. The molecule has 0 bridgehead atoms. The lowest BCUT2D eigenvalue weighted by Crippen LogP contribution is -2.14. The van der Waals surface area contributed by atoms with E-state index in [1.54, 1.807) is 6.20 Å². The lowest BCUT2D eigenvalue weighted by molar-refractivity contribution is 0.660. The highest BCUT2D eigenvalue weighted by Gasteiger charge is 2.35. The molecule has 7 rings (SSSR count). The molecule has 0 spiro atoms. The van der Waals surface area contributed by atoms with Gasteiger partial charge in [-0.1, -0.05) is 111 Å². The SMILES string of the molecule is CC1(C)c2ccccc2-c2cc(-c3cc(-c4ccccc4)nc(-c4ccc(-c5cccnc5)cc4)n3)ccc21. The average molecular weight is 502 g/mol. The van der Waals surface area contributed by atoms with E-state index in [1.807, 2.05) is 30.5 Å². The Morgan fingerprint density at radius 2 is 1.13 bits per heavy atom. The van der Waals surface area contributed by atoms with Crippen LogP contribution in [0.1, 0.15) is 25.0 Å². The Labute approximate surface area is 228 Å². The van der Waals surface area contributed by atoms with E-state index in [4.69, 9.17) is 9.97 Å². The van der Waals surface area contributed by atoms with Crippen molar-refractivity contribution in [3.63, 3.8) is 0 Å². The summed E-state index contributed by atoms with van der Waals surface area (Å²) in [6, 6.07) is 40.4. The van der Waals surface area contributed by atoms with E-state index in [0.717, 1.165) is 39.2 Å². The van der Waals surface area contributed by atoms with Gasteiger partial charge in [0.1, 0.15) is 0 Å². The lowest BCUT2D eigenvalue weighted by atomic mass is 9.82. The second-order valence-electron chi connectivity index (χ2n) is 10.6. The van der Waals surface area contributed by atoms with Crippen LogP contribution in [0, 0.1) is 0 Å². The molecule has 0 aliphatic heterocycles. The Balaban J connectivity index is 1.36. The van der Waals surface area contributed by atoms with Gasteiger partial charge in [0.25, 0.3) is 0 Å². The topological polar surface area (TPSA) is 38.7 Å². The molecule has 6 aromatic rings. The van der Waals surface area contributed by atoms with Gasteiger partial charge in [0.2, 0.25) is 0 Å². The van der Waals surface area contributed by atoms with Crippen molar-refractivity contribution in [2.24, 2.45) is 0 Å². The third-order valence-corrected chi connectivity index (χ3v) is 7.81. The van der Waals surface area contributed by atoms with Crippen LogP contribution in [-0.4, -0.2) is 15.0 Å². The fourth-order valence-corrected chi connectivity index (χ4v) is 5.71. The van der Waals surface area contributed by atoms with Gasteiger partial charge in [0.15, 0.2) is 5.82 Å². The van der Waals surface area contributed by atoms with Crippen LogP contribution in [0.15, 0.2) is 128 Å². The number of fused-ring (bicyclic) bond motifs is 3. The van der Waals surface area contributed by atoms with Crippen molar-refractivity contribution in [2.45, 2.75) is 19.3 Å². The van der Waals surface area contributed by atoms with Gasteiger partial charge in [-0.3, -0.25) is 4.98 Å². The maximum absolute atomic E-state index is 5.10. The molecule has 0 N–H and O–H groups in total. The van der Waals surface area contributed by atoms with E-state index >= 15 is 0 Å². The summed E-state index contributed by atoms with van der Waals surface area (Å²) in [5.41, 5.74) is 12.5. The minimum absolute atomic E-state index is 0.0213. The summed E-state index contributed by atoms with van der Waals surface area (Å²) in [6.45, 7) is 4.62. The first kappa shape index (κ1) is 23.2. The monoisotopic (exact) mass is 501 g/mol. The molecule has 0 atom stereocenters. The first-order valence-electron chi connectivity index (χ1n) is 13.3. The van der Waals surface area contributed by atoms with Crippen molar-refractivity contribution in [2.75, 3.05) is 0 Å². The largest absolute Gasteiger partial charge is 0.264 e. The second kappa shape index (κ2) is 9.14. The van der Waals surface area contributed by atoms with Crippen LogP contribution >= 0.6 is 0 Å². The van der Waals surface area contributed by atoms with Gasteiger partial charge in [-0.25, -0.2) is 9.97 Å². The highest BCUT2D eigenvalue weighted by atomic mass is 14.9. The maximum Gasteiger partial charge on any atom is 0.160 e. The zero-order chi connectivity index (χ0) is 26.4. The molecule has 0 radical (unpaired) electrons. The minimum atomic E-state index is -0.0213. The minimum Gasteiger partial charge on any atom is -0.264 e. The average Bonchev–Trinajstić information content (AvgIpc) is 3.24. The number of aromatic nitrogens is 3. The number of hydrogen-bond acceptors (Lipinski definition) is 3. The summed E-state index contributed by atoms with van der Waals surface area (Å²) < 4.78 is 0. The molecule has 0 unspecified atom stereocenters. The van der Waals surface area contributed by atoms with Gasteiger partial charge >= 0.3 is 0 Å². The number of rotatable bonds is 4. The molecule has 39 heavy (non-hydrogen) atoms. The third-order valence-electron chi connectivity index (χ3n) is 7.81. The van der Waals surface area contributed by atoms with Crippen LogP contribution in [0.2, 0.25) is 0 Å². The van der Waals surface area contributed by atoms with Crippen molar-refractivity contribution in [1.82, 2.24) is 15.0 Å². The molecule has 2 heterocycles. The molecule has 1 aliphatic rings. The van der Waals surface area contributed by atoms with Crippen LogP contribution in [0.25, 0.3) is 56.2 Å². The molecule has 3 nitrogen and oxygen atoms in total. The Kier molecular flexibility index (Phi) is 5.45. The van der Waals surface area contributed by atoms with Gasteiger partial charge in [0, 0.05) is 34.5 Å². The predicted octanol–water partition coefficient (Wildman–Crippen LogP) is 8.85. The summed E-state index contributed by atoms with van der Waals surface area (Å²) in [5.74, 6) is 0.713. The van der Waals surface area contributed by atoms with E-state index in [9.17, 15) is 0 Å². The van der Waals surface area contributed by atoms with Gasteiger partial charge < -0.3 is 0 Å². The zero-order valence-electron chi connectivity index (χ0n) is 22.0. The molecule has 1 aliphatic carbocycles. The van der Waals surface area contributed by atoms with Crippen LogP contribution in [0.4, 0.5) is 0 Å². The van der Waals surface area contributed by atoms with Crippen LogP contribution in [-0.2, 0) is 5.41 Å². The molecule has 4 aromatic carbocycles. The predicted molar refractivity (Wildman–Crippen MR) is 159 cm³/mol. The fraction of sp³-hybridized carbons (Fsp3) is 0.0833. The number of benzene rings is 4.